The lowest BCUT2D eigenvalue weighted by molar-refractivity contribution is 0.0531. The molecule has 2 amide bonds. The summed E-state index contributed by atoms with van der Waals surface area (Å²) in [5.74, 6) is -0.266. The van der Waals surface area contributed by atoms with E-state index in [2.05, 4.69) is 15.2 Å². The van der Waals surface area contributed by atoms with E-state index in [4.69, 9.17) is 0 Å². The van der Waals surface area contributed by atoms with E-state index in [0.29, 0.717) is 31.7 Å². The Morgan fingerprint density at radius 3 is 2.17 bits per heavy atom. The summed E-state index contributed by atoms with van der Waals surface area (Å²) in [6.07, 6.45) is 0. The van der Waals surface area contributed by atoms with Crippen LogP contribution in [0, 0.1) is 13.8 Å². The van der Waals surface area contributed by atoms with Gasteiger partial charge in [0.1, 0.15) is 5.69 Å². The van der Waals surface area contributed by atoms with Crippen LogP contribution in [0.1, 0.15) is 32.2 Å². The Hall–Kier alpha value is -2.90. The van der Waals surface area contributed by atoms with Crippen molar-refractivity contribution < 1.29 is 9.59 Å². The van der Waals surface area contributed by atoms with Gasteiger partial charge in [-0.15, -0.1) is 0 Å². The highest BCUT2D eigenvalue weighted by Crippen LogP contribution is 2.15. The lowest BCUT2D eigenvalue weighted by Crippen LogP contribution is -2.50. The SMILES string of the molecule is Cc1cc(C(=O)N2CCN(C(=O)c3ccc(=O)[nH]n3)CC2)c(C)[nH]1. The van der Waals surface area contributed by atoms with Gasteiger partial charge in [0.2, 0.25) is 0 Å². The molecule has 8 heteroatoms. The number of aromatic amines is 2. The van der Waals surface area contributed by atoms with E-state index < -0.39 is 0 Å². The first-order valence-corrected chi connectivity index (χ1v) is 7.76. The predicted octanol–water partition coefficient (Wildman–Crippen LogP) is 0.313. The van der Waals surface area contributed by atoms with Gasteiger partial charge >= 0.3 is 0 Å². The lowest BCUT2D eigenvalue weighted by atomic mass is 10.2. The molecular formula is C16H19N5O3. The zero-order chi connectivity index (χ0) is 17.3. The summed E-state index contributed by atoms with van der Waals surface area (Å²) in [5, 5.41) is 6.01. The molecule has 0 spiro atoms. The number of hydrogen-bond acceptors (Lipinski definition) is 4. The highest BCUT2D eigenvalue weighted by molar-refractivity contribution is 5.96. The molecule has 3 rings (SSSR count). The van der Waals surface area contributed by atoms with Crippen LogP contribution in [0.3, 0.4) is 0 Å². The van der Waals surface area contributed by atoms with Crippen LogP contribution in [0.15, 0.2) is 23.0 Å². The molecule has 0 aliphatic carbocycles. The normalized spacial score (nSPS) is 14.8. The summed E-state index contributed by atoms with van der Waals surface area (Å²) >= 11 is 0. The maximum Gasteiger partial charge on any atom is 0.274 e. The molecule has 0 saturated carbocycles. The Morgan fingerprint density at radius 1 is 1.04 bits per heavy atom. The third-order valence-electron chi connectivity index (χ3n) is 4.13. The van der Waals surface area contributed by atoms with E-state index in [1.54, 1.807) is 9.80 Å². The fraction of sp³-hybridized carbons (Fsp3) is 0.375. The molecule has 126 valence electrons. The molecule has 0 aromatic carbocycles. The van der Waals surface area contributed by atoms with Gasteiger partial charge in [0.25, 0.3) is 17.4 Å². The van der Waals surface area contributed by atoms with E-state index in [-0.39, 0.29) is 23.1 Å². The minimum absolute atomic E-state index is 0.0221. The maximum atomic E-state index is 12.6. The molecule has 0 atom stereocenters. The number of nitrogens with zero attached hydrogens (tertiary/aromatic N) is 3. The van der Waals surface area contributed by atoms with Crippen molar-refractivity contribution in [1.82, 2.24) is 25.0 Å². The van der Waals surface area contributed by atoms with Crippen molar-refractivity contribution in [2.45, 2.75) is 13.8 Å². The highest BCUT2D eigenvalue weighted by Gasteiger charge is 2.27. The average molecular weight is 329 g/mol. The van der Waals surface area contributed by atoms with E-state index in [1.165, 1.54) is 12.1 Å². The first kappa shape index (κ1) is 16.0. The van der Waals surface area contributed by atoms with Gasteiger partial charge in [0, 0.05) is 43.6 Å². The minimum Gasteiger partial charge on any atom is -0.362 e. The number of amides is 2. The second-order valence-electron chi connectivity index (χ2n) is 5.88. The zero-order valence-electron chi connectivity index (χ0n) is 13.6. The fourth-order valence-corrected chi connectivity index (χ4v) is 2.85. The highest BCUT2D eigenvalue weighted by atomic mass is 16.2. The first-order valence-electron chi connectivity index (χ1n) is 7.76. The molecule has 2 N–H and O–H groups in total. The van der Waals surface area contributed by atoms with Crippen molar-refractivity contribution in [3.8, 4) is 0 Å². The number of rotatable bonds is 2. The number of aromatic nitrogens is 3. The molecule has 1 saturated heterocycles. The molecule has 3 heterocycles. The molecule has 1 aliphatic heterocycles. The summed E-state index contributed by atoms with van der Waals surface area (Å²) in [6, 6.07) is 4.53. The van der Waals surface area contributed by atoms with Crippen LogP contribution in [0.2, 0.25) is 0 Å². The summed E-state index contributed by atoms with van der Waals surface area (Å²) < 4.78 is 0. The fourth-order valence-electron chi connectivity index (χ4n) is 2.85. The van der Waals surface area contributed by atoms with Crippen molar-refractivity contribution in [2.24, 2.45) is 0 Å². The summed E-state index contributed by atoms with van der Waals surface area (Å²) in [4.78, 5) is 42.4. The number of hydrogen-bond donors (Lipinski definition) is 2. The molecule has 1 fully saturated rings. The Morgan fingerprint density at radius 2 is 1.67 bits per heavy atom. The first-order chi connectivity index (χ1) is 11.5. The van der Waals surface area contributed by atoms with E-state index in [9.17, 15) is 14.4 Å². The van der Waals surface area contributed by atoms with Crippen molar-refractivity contribution in [2.75, 3.05) is 26.2 Å². The number of carbonyl (C=O) groups is 2. The molecule has 0 bridgehead atoms. The topological polar surface area (TPSA) is 102 Å². The van der Waals surface area contributed by atoms with Gasteiger partial charge in [-0.1, -0.05) is 0 Å². The quantitative estimate of drug-likeness (QED) is 0.828. The number of piperazine rings is 1. The second kappa shape index (κ2) is 6.31. The van der Waals surface area contributed by atoms with Gasteiger partial charge in [-0.3, -0.25) is 14.4 Å². The Labute approximate surface area is 138 Å². The van der Waals surface area contributed by atoms with Gasteiger partial charge in [-0.2, -0.15) is 5.10 Å². The Balaban J connectivity index is 1.64. The zero-order valence-corrected chi connectivity index (χ0v) is 13.6. The molecule has 2 aromatic heterocycles. The maximum absolute atomic E-state index is 12.6. The van der Waals surface area contributed by atoms with Gasteiger partial charge in [0.15, 0.2) is 0 Å². The van der Waals surface area contributed by atoms with Crippen molar-refractivity contribution >= 4 is 11.8 Å². The van der Waals surface area contributed by atoms with Crippen LogP contribution >= 0.6 is 0 Å². The van der Waals surface area contributed by atoms with Crippen LogP contribution in [0.25, 0.3) is 0 Å². The molecule has 0 radical (unpaired) electrons. The number of nitrogens with one attached hydrogen (secondary N) is 2. The van der Waals surface area contributed by atoms with Crippen LogP contribution in [-0.4, -0.2) is 63.0 Å². The lowest BCUT2D eigenvalue weighted by Gasteiger charge is -2.34. The van der Waals surface area contributed by atoms with Gasteiger partial charge in [0.05, 0.1) is 5.56 Å². The van der Waals surface area contributed by atoms with Crippen LogP contribution in [0.5, 0.6) is 0 Å². The third kappa shape index (κ3) is 3.08. The van der Waals surface area contributed by atoms with Crippen LogP contribution < -0.4 is 5.56 Å². The van der Waals surface area contributed by atoms with E-state index >= 15 is 0 Å². The second-order valence-corrected chi connectivity index (χ2v) is 5.88. The Bertz CT molecular complexity index is 810. The summed E-state index contributed by atoms with van der Waals surface area (Å²) in [6.45, 7) is 5.61. The number of aryl methyl sites for hydroxylation is 2. The molecule has 0 unspecified atom stereocenters. The van der Waals surface area contributed by atoms with Gasteiger partial charge < -0.3 is 14.8 Å². The smallest absolute Gasteiger partial charge is 0.274 e. The van der Waals surface area contributed by atoms with Crippen LogP contribution in [0.4, 0.5) is 0 Å². The minimum atomic E-state index is -0.348. The Kier molecular flexibility index (Phi) is 4.20. The van der Waals surface area contributed by atoms with Crippen molar-refractivity contribution in [3.63, 3.8) is 0 Å². The standard InChI is InChI=1S/C16H19N5O3/c1-10-9-12(11(2)17-10)15(23)20-5-7-21(8-6-20)16(24)13-3-4-14(22)19-18-13/h3-4,9,17H,5-8H2,1-2H3,(H,19,22). The predicted molar refractivity (Wildman–Crippen MR) is 86.9 cm³/mol. The molecule has 1 aliphatic rings. The molecular weight excluding hydrogens is 310 g/mol. The van der Waals surface area contributed by atoms with E-state index in [0.717, 1.165) is 11.4 Å². The summed E-state index contributed by atoms with van der Waals surface area (Å²) in [7, 11) is 0. The average Bonchev–Trinajstić information content (AvgIpc) is 2.93. The summed E-state index contributed by atoms with van der Waals surface area (Å²) in [5.41, 5.74) is 2.34. The van der Waals surface area contributed by atoms with Crippen LogP contribution in [-0.2, 0) is 0 Å². The van der Waals surface area contributed by atoms with Gasteiger partial charge in [-0.05, 0) is 26.0 Å². The van der Waals surface area contributed by atoms with Gasteiger partial charge in [-0.25, -0.2) is 5.10 Å². The van der Waals surface area contributed by atoms with Crippen molar-refractivity contribution in [3.05, 3.63) is 51.2 Å². The molecule has 8 nitrogen and oxygen atoms in total. The number of carbonyl (C=O) groups excluding carboxylic acids is 2. The van der Waals surface area contributed by atoms with Crippen molar-refractivity contribution in [1.29, 1.82) is 0 Å². The third-order valence-corrected chi connectivity index (χ3v) is 4.13. The monoisotopic (exact) mass is 329 g/mol. The number of H-pyrrole nitrogens is 2. The molecule has 2 aromatic rings. The molecule has 24 heavy (non-hydrogen) atoms. The largest absolute Gasteiger partial charge is 0.362 e. The van der Waals surface area contributed by atoms with E-state index in [1.807, 2.05) is 19.9 Å².